The second-order valence-electron chi connectivity index (χ2n) is 5.18. The number of amides is 1. The smallest absolute Gasteiger partial charge is 0.237 e. The molecule has 1 aromatic heterocycles. The van der Waals surface area contributed by atoms with Crippen LogP contribution in [-0.4, -0.2) is 59.5 Å². The number of aromatic nitrogens is 2. The summed E-state index contributed by atoms with van der Waals surface area (Å²) in [5, 5.41) is 2.72. The van der Waals surface area contributed by atoms with E-state index in [0.717, 1.165) is 37.7 Å². The topological polar surface area (TPSA) is 61.4 Å². The van der Waals surface area contributed by atoms with Crippen molar-refractivity contribution in [2.24, 2.45) is 0 Å². The van der Waals surface area contributed by atoms with Crippen molar-refractivity contribution in [3.05, 3.63) is 18.0 Å². The van der Waals surface area contributed by atoms with Crippen LogP contribution < -0.4 is 10.2 Å². The fraction of sp³-hybridized carbons (Fsp3) is 0.533. The molecule has 0 bridgehead atoms. The molecule has 6 heteroatoms. The van der Waals surface area contributed by atoms with Crippen molar-refractivity contribution in [2.75, 3.05) is 37.6 Å². The summed E-state index contributed by atoms with van der Waals surface area (Å²) in [5.41, 5.74) is 1.05. The van der Waals surface area contributed by atoms with Crippen LogP contribution in [0.5, 0.6) is 0 Å². The minimum atomic E-state index is -0.167. The molecular weight excluding hydrogens is 266 g/mol. The third-order valence-electron chi connectivity index (χ3n) is 3.66. The molecule has 1 saturated heterocycles. The third kappa shape index (κ3) is 3.92. The van der Waals surface area contributed by atoms with E-state index in [4.69, 9.17) is 6.42 Å². The Hall–Kier alpha value is -2.13. The SMILES string of the molecule is C#CCNC(=O)[C@H](C)N1CCN(c2ncc(C)cn2)CC1. The molecule has 1 aromatic rings. The number of nitrogens with one attached hydrogen (secondary N) is 1. The van der Waals surface area contributed by atoms with Crippen molar-refractivity contribution in [3.8, 4) is 12.3 Å². The third-order valence-corrected chi connectivity index (χ3v) is 3.66. The first-order chi connectivity index (χ1) is 10.1. The minimum Gasteiger partial charge on any atom is -0.344 e. The first kappa shape index (κ1) is 15.3. The Labute approximate surface area is 125 Å². The maximum atomic E-state index is 11.9. The molecule has 2 heterocycles. The maximum Gasteiger partial charge on any atom is 0.237 e. The molecule has 1 fully saturated rings. The van der Waals surface area contributed by atoms with Gasteiger partial charge in [-0.2, -0.15) is 0 Å². The Morgan fingerprint density at radius 2 is 2.00 bits per heavy atom. The molecule has 21 heavy (non-hydrogen) atoms. The van der Waals surface area contributed by atoms with Crippen molar-refractivity contribution in [3.63, 3.8) is 0 Å². The second kappa shape index (κ2) is 7.04. The van der Waals surface area contributed by atoms with Crippen molar-refractivity contribution in [1.29, 1.82) is 0 Å². The molecule has 0 unspecified atom stereocenters. The normalized spacial score (nSPS) is 17.1. The van der Waals surface area contributed by atoms with Crippen molar-refractivity contribution in [2.45, 2.75) is 19.9 Å². The van der Waals surface area contributed by atoms with Gasteiger partial charge in [0.05, 0.1) is 12.6 Å². The van der Waals surface area contributed by atoms with Crippen LogP contribution in [0, 0.1) is 19.3 Å². The lowest BCUT2D eigenvalue weighted by molar-refractivity contribution is -0.125. The number of piperazine rings is 1. The van der Waals surface area contributed by atoms with Gasteiger partial charge in [-0.15, -0.1) is 6.42 Å². The Kier molecular flexibility index (Phi) is 5.12. The molecule has 0 radical (unpaired) electrons. The van der Waals surface area contributed by atoms with E-state index >= 15 is 0 Å². The second-order valence-corrected chi connectivity index (χ2v) is 5.18. The van der Waals surface area contributed by atoms with Gasteiger partial charge >= 0.3 is 0 Å². The number of nitrogens with zero attached hydrogens (tertiary/aromatic N) is 4. The fourth-order valence-corrected chi connectivity index (χ4v) is 2.31. The van der Waals surface area contributed by atoms with E-state index < -0.39 is 0 Å². The predicted octanol–water partition coefficient (Wildman–Crippen LogP) is 0.0449. The quantitative estimate of drug-likeness (QED) is 0.793. The average molecular weight is 287 g/mol. The van der Waals surface area contributed by atoms with Crippen LogP contribution in [0.3, 0.4) is 0 Å². The fourth-order valence-electron chi connectivity index (χ4n) is 2.31. The molecule has 1 aliphatic heterocycles. The van der Waals surface area contributed by atoms with Gasteiger partial charge in [0.2, 0.25) is 11.9 Å². The summed E-state index contributed by atoms with van der Waals surface area (Å²) in [6, 6.07) is -0.167. The number of carbonyl (C=O) groups excluding carboxylic acids is 1. The van der Waals surface area contributed by atoms with Gasteiger partial charge in [-0.25, -0.2) is 9.97 Å². The van der Waals surface area contributed by atoms with E-state index in [1.807, 2.05) is 26.2 Å². The highest BCUT2D eigenvalue weighted by Gasteiger charge is 2.26. The molecule has 2 rings (SSSR count). The summed E-state index contributed by atoms with van der Waals surface area (Å²) in [5.74, 6) is 3.15. The largest absolute Gasteiger partial charge is 0.344 e. The molecule has 0 aliphatic carbocycles. The highest BCUT2D eigenvalue weighted by Crippen LogP contribution is 2.12. The number of rotatable bonds is 4. The van der Waals surface area contributed by atoms with Gasteiger partial charge in [0.1, 0.15) is 0 Å². The van der Waals surface area contributed by atoms with E-state index in [9.17, 15) is 4.79 Å². The van der Waals surface area contributed by atoms with E-state index in [1.54, 1.807) is 0 Å². The lowest BCUT2D eigenvalue weighted by Gasteiger charge is -2.37. The highest BCUT2D eigenvalue weighted by molar-refractivity contribution is 5.81. The van der Waals surface area contributed by atoms with Gasteiger partial charge in [0, 0.05) is 38.6 Å². The average Bonchev–Trinajstić information content (AvgIpc) is 2.53. The zero-order valence-electron chi connectivity index (χ0n) is 12.5. The first-order valence-electron chi connectivity index (χ1n) is 7.10. The number of aryl methyl sites for hydroxylation is 1. The molecule has 112 valence electrons. The van der Waals surface area contributed by atoms with E-state index in [1.165, 1.54) is 0 Å². The van der Waals surface area contributed by atoms with Gasteiger partial charge in [-0.1, -0.05) is 5.92 Å². The van der Waals surface area contributed by atoms with Gasteiger partial charge in [-0.3, -0.25) is 9.69 Å². The summed E-state index contributed by atoms with van der Waals surface area (Å²) in [4.78, 5) is 24.9. The Morgan fingerprint density at radius 3 is 2.57 bits per heavy atom. The maximum absolute atomic E-state index is 11.9. The molecule has 1 N–H and O–H groups in total. The van der Waals surface area contributed by atoms with Crippen LogP contribution in [0.25, 0.3) is 0 Å². The number of hydrogen-bond donors (Lipinski definition) is 1. The number of anilines is 1. The van der Waals surface area contributed by atoms with Crippen LogP contribution in [-0.2, 0) is 4.79 Å². The van der Waals surface area contributed by atoms with Crippen molar-refractivity contribution in [1.82, 2.24) is 20.2 Å². The van der Waals surface area contributed by atoms with Crippen LogP contribution in [0.2, 0.25) is 0 Å². The van der Waals surface area contributed by atoms with Crippen molar-refractivity contribution < 1.29 is 4.79 Å². The van der Waals surface area contributed by atoms with E-state index in [0.29, 0.717) is 0 Å². The number of carbonyl (C=O) groups is 1. The highest BCUT2D eigenvalue weighted by atomic mass is 16.2. The van der Waals surface area contributed by atoms with Crippen LogP contribution >= 0.6 is 0 Å². The molecule has 1 atom stereocenters. The lowest BCUT2D eigenvalue weighted by atomic mass is 10.2. The van der Waals surface area contributed by atoms with Crippen LogP contribution in [0.4, 0.5) is 5.95 Å². The molecule has 0 aromatic carbocycles. The van der Waals surface area contributed by atoms with Gasteiger partial charge < -0.3 is 10.2 Å². The molecule has 1 amide bonds. The number of hydrogen-bond acceptors (Lipinski definition) is 5. The zero-order chi connectivity index (χ0) is 15.2. The predicted molar refractivity (Wildman–Crippen MR) is 81.9 cm³/mol. The monoisotopic (exact) mass is 287 g/mol. The van der Waals surface area contributed by atoms with E-state index in [-0.39, 0.29) is 18.5 Å². The summed E-state index contributed by atoms with van der Waals surface area (Å²) >= 11 is 0. The van der Waals surface area contributed by atoms with E-state index in [2.05, 4.69) is 31.0 Å². The standard InChI is InChI=1S/C15H21N5O/c1-4-5-16-14(21)13(3)19-6-8-20(9-7-19)15-17-10-12(2)11-18-15/h1,10-11,13H,5-9H2,2-3H3,(H,16,21)/t13-/m0/s1. The molecule has 0 spiro atoms. The molecule has 6 nitrogen and oxygen atoms in total. The summed E-state index contributed by atoms with van der Waals surface area (Å²) < 4.78 is 0. The lowest BCUT2D eigenvalue weighted by Crippen LogP contribution is -2.54. The van der Waals surface area contributed by atoms with Crippen LogP contribution in [0.1, 0.15) is 12.5 Å². The molecule has 0 saturated carbocycles. The minimum absolute atomic E-state index is 0.0204. The first-order valence-corrected chi connectivity index (χ1v) is 7.10. The molecular formula is C15H21N5O. The Balaban J connectivity index is 1.86. The Morgan fingerprint density at radius 1 is 1.38 bits per heavy atom. The number of terminal acetylenes is 1. The van der Waals surface area contributed by atoms with Gasteiger partial charge in [0.15, 0.2) is 0 Å². The summed E-state index contributed by atoms with van der Waals surface area (Å²) in [6.45, 7) is 7.40. The molecule has 1 aliphatic rings. The zero-order valence-corrected chi connectivity index (χ0v) is 12.5. The van der Waals surface area contributed by atoms with Gasteiger partial charge in [-0.05, 0) is 19.4 Å². The Bertz CT molecular complexity index is 514. The summed E-state index contributed by atoms with van der Waals surface area (Å²) in [6.07, 6.45) is 8.80. The van der Waals surface area contributed by atoms with Crippen molar-refractivity contribution >= 4 is 11.9 Å². The van der Waals surface area contributed by atoms with Crippen LogP contribution in [0.15, 0.2) is 12.4 Å². The van der Waals surface area contributed by atoms with Gasteiger partial charge in [0.25, 0.3) is 0 Å². The summed E-state index contributed by atoms with van der Waals surface area (Å²) in [7, 11) is 0.